The quantitative estimate of drug-likeness (QED) is 0.740. The molecule has 0 atom stereocenters. The van der Waals surface area contributed by atoms with E-state index < -0.39 is 0 Å². The summed E-state index contributed by atoms with van der Waals surface area (Å²) in [6.07, 6.45) is 9.99. The molecule has 1 nitrogen and oxygen atoms in total. The van der Waals surface area contributed by atoms with E-state index >= 15 is 0 Å². The number of benzene rings is 1. The summed E-state index contributed by atoms with van der Waals surface area (Å²) in [6, 6.07) is 10.7. The third-order valence-corrected chi connectivity index (χ3v) is 4.39. The van der Waals surface area contributed by atoms with E-state index in [1.54, 1.807) is 0 Å². The van der Waals surface area contributed by atoms with Crippen molar-refractivity contribution < 1.29 is 0 Å². The SMILES string of the molecule is CC(C)(CC1CCCCCC1)NCc1ccccc1. The Hall–Kier alpha value is -0.820. The molecule has 1 heteroatoms. The smallest absolute Gasteiger partial charge is 0.0210 e. The van der Waals surface area contributed by atoms with Gasteiger partial charge in [0.05, 0.1) is 0 Å². The summed E-state index contributed by atoms with van der Waals surface area (Å²) in [5.74, 6) is 0.931. The van der Waals surface area contributed by atoms with Crippen molar-refractivity contribution in [2.75, 3.05) is 0 Å². The molecule has 2 rings (SSSR count). The number of hydrogen-bond acceptors (Lipinski definition) is 1. The van der Waals surface area contributed by atoms with Crippen LogP contribution in [-0.4, -0.2) is 5.54 Å². The first-order valence-corrected chi connectivity index (χ1v) is 7.95. The minimum Gasteiger partial charge on any atom is -0.308 e. The molecule has 106 valence electrons. The molecular formula is C18H29N. The van der Waals surface area contributed by atoms with Gasteiger partial charge in [0.25, 0.3) is 0 Å². The van der Waals surface area contributed by atoms with Crippen LogP contribution >= 0.6 is 0 Å². The molecule has 1 aromatic carbocycles. The summed E-state index contributed by atoms with van der Waals surface area (Å²) in [5, 5.41) is 3.74. The van der Waals surface area contributed by atoms with Crippen LogP contribution in [-0.2, 0) is 6.54 Å². The van der Waals surface area contributed by atoms with Crippen LogP contribution in [0.2, 0.25) is 0 Å². The summed E-state index contributed by atoms with van der Waals surface area (Å²) in [4.78, 5) is 0. The number of rotatable bonds is 5. The maximum absolute atomic E-state index is 3.74. The van der Waals surface area contributed by atoms with Crippen molar-refractivity contribution in [2.24, 2.45) is 5.92 Å². The van der Waals surface area contributed by atoms with Crippen LogP contribution in [0, 0.1) is 5.92 Å². The van der Waals surface area contributed by atoms with Gasteiger partial charge in [-0.25, -0.2) is 0 Å². The van der Waals surface area contributed by atoms with Crippen molar-refractivity contribution in [3.8, 4) is 0 Å². The zero-order valence-corrected chi connectivity index (χ0v) is 12.6. The molecule has 0 heterocycles. The molecule has 0 bridgehead atoms. The van der Waals surface area contributed by atoms with Crippen molar-refractivity contribution in [1.29, 1.82) is 0 Å². The molecular weight excluding hydrogens is 230 g/mol. The van der Waals surface area contributed by atoms with E-state index in [9.17, 15) is 0 Å². The lowest BCUT2D eigenvalue weighted by molar-refractivity contribution is 0.276. The maximum atomic E-state index is 3.74. The van der Waals surface area contributed by atoms with E-state index in [0.29, 0.717) is 0 Å². The third kappa shape index (κ3) is 5.36. The molecule has 0 aromatic heterocycles. The number of nitrogens with one attached hydrogen (secondary N) is 1. The monoisotopic (exact) mass is 259 g/mol. The van der Waals surface area contributed by atoms with E-state index in [0.717, 1.165) is 12.5 Å². The lowest BCUT2D eigenvalue weighted by atomic mass is 9.86. The van der Waals surface area contributed by atoms with Gasteiger partial charge in [0.2, 0.25) is 0 Å². The normalized spacial score (nSPS) is 18.2. The van der Waals surface area contributed by atoms with Crippen LogP contribution in [0.1, 0.15) is 64.4 Å². The van der Waals surface area contributed by atoms with Crippen LogP contribution < -0.4 is 5.32 Å². The van der Waals surface area contributed by atoms with Gasteiger partial charge in [-0.1, -0.05) is 68.9 Å². The van der Waals surface area contributed by atoms with Crippen LogP contribution in [0.5, 0.6) is 0 Å². The minimum atomic E-state index is 0.255. The van der Waals surface area contributed by atoms with Crippen molar-refractivity contribution in [3.63, 3.8) is 0 Å². The van der Waals surface area contributed by atoms with Crippen molar-refractivity contribution in [3.05, 3.63) is 35.9 Å². The van der Waals surface area contributed by atoms with Crippen LogP contribution in [0.3, 0.4) is 0 Å². The Bertz CT molecular complexity index is 347. The topological polar surface area (TPSA) is 12.0 Å². The van der Waals surface area contributed by atoms with Crippen LogP contribution in [0.4, 0.5) is 0 Å². The minimum absolute atomic E-state index is 0.255. The molecule has 19 heavy (non-hydrogen) atoms. The second-order valence-electron chi connectivity index (χ2n) is 6.78. The summed E-state index contributed by atoms with van der Waals surface area (Å²) in [7, 11) is 0. The molecule has 1 aliphatic carbocycles. The highest BCUT2D eigenvalue weighted by atomic mass is 14.9. The fraction of sp³-hybridized carbons (Fsp3) is 0.667. The molecule has 1 aliphatic rings. The summed E-state index contributed by atoms with van der Waals surface area (Å²) in [5.41, 5.74) is 1.64. The van der Waals surface area contributed by atoms with Gasteiger partial charge in [-0.15, -0.1) is 0 Å². The Balaban J connectivity index is 1.80. The van der Waals surface area contributed by atoms with E-state index in [1.165, 1.54) is 50.5 Å². The highest BCUT2D eigenvalue weighted by molar-refractivity contribution is 5.14. The molecule has 1 aromatic rings. The van der Waals surface area contributed by atoms with Gasteiger partial charge < -0.3 is 5.32 Å². The summed E-state index contributed by atoms with van der Waals surface area (Å²) in [6.45, 7) is 5.71. The molecule has 1 fully saturated rings. The third-order valence-electron chi connectivity index (χ3n) is 4.39. The first-order valence-electron chi connectivity index (χ1n) is 7.95. The Morgan fingerprint density at radius 1 is 1.00 bits per heavy atom. The van der Waals surface area contributed by atoms with Crippen molar-refractivity contribution in [2.45, 2.75) is 70.9 Å². The average Bonchev–Trinajstić information content (AvgIpc) is 2.66. The van der Waals surface area contributed by atoms with Crippen LogP contribution in [0.25, 0.3) is 0 Å². The molecule has 0 aliphatic heterocycles. The molecule has 0 spiro atoms. The zero-order chi connectivity index (χ0) is 13.6. The van der Waals surface area contributed by atoms with E-state index in [-0.39, 0.29) is 5.54 Å². The van der Waals surface area contributed by atoms with Gasteiger partial charge in [0.1, 0.15) is 0 Å². The lowest BCUT2D eigenvalue weighted by Gasteiger charge is -2.31. The number of hydrogen-bond donors (Lipinski definition) is 1. The Morgan fingerprint density at radius 3 is 2.26 bits per heavy atom. The molecule has 1 N–H and O–H groups in total. The predicted molar refractivity (Wildman–Crippen MR) is 83.2 cm³/mol. The van der Waals surface area contributed by atoms with Crippen molar-refractivity contribution in [1.82, 2.24) is 5.32 Å². The Kier molecular flexibility index (Phi) is 5.45. The molecule has 0 unspecified atom stereocenters. The first-order chi connectivity index (χ1) is 9.16. The van der Waals surface area contributed by atoms with E-state index in [4.69, 9.17) is 0 Å². The Morgan fingerprint density at radius 2 is 1.63 bits per heavy atom. The Labute approximate surface area is 118 Å². The standard InChI is InChI=1S/C18H29N/c1-18(2,14-16-10-6-3-4-7-11-16)19-15-17-12-8-5-9-13-17/h5,8-9,12-13,16,19H,3-4,6-7,10-11,14-15H2,1-2H3. The lowest BCUT2D eigenvalue weighted by Crippen LogP contribution is -2.40. The molecule has 1 saturated carbocycles. The van der Waals surface area contributed by atoms with Gasteiger partial charge in [-0.2, -0.15) is 0 Å². The molecule has 0 saturated heterocycles. The molecule has 0 amide bonds. The zero-order valence-electron chi connectivity index (χ0n) is 12.6. The van der Waals surface area contributed by atoms with E-state index in [1.807, 2.05) is 0 Å². The maximum Gasteiger partial charge on any atom is 0.0210 e. The highest BCUT2D eigenvalue weighted by Gasteiger charge is 2.23. The highest BCUT2D eigenvalue weighted by Crippen LogP contribution is 2.29. The second kappa shape index (κ2) is 7.09. The summed E-state index contributed by atoms with van der Waals surface area (Å²) >= 11 is 0. The van der Waals surface area contributed by atoms with Gasteiger partial charge in [-0.3, -0.25) is 0 Å². The van der Waals surface area contributed by atoms with Gasteiger partial charge in [-0.05, 0) is 31.7 Å². The van der Waals surface area contributed by atoms with Gasteiger partial charge >= 0.3 is 0 Å². The van der Waals surface area contributed by atoms with Gasteiger partial charge in [0.15, 0.2) is 0 Å². The van der Waals surface area contributed by atoms with Gasteiger partial charge in [0, 0.05) is 12.1 Å². The first kappa shape index (κ1) is 14.6. The fourth-order valence-electron chi connectivity index (χ4n) is 3.30. The predicted octanol–water partition coefficient (Wildman–Crippen LogP) is 4.92. The average molecular weight is 259 g/mol. The van der Waals surface area contributed by atoms with Crippen molar-refractivity contribution >= 4 is 0 Å². The van der Waals surface area contributed by atoms with Crippen LogP contribution in [0.15, 0.2) is 30.3 Å². The fourth-order valence-corrected chi connectivity index (χ4v) is 3.30. The summed E-state index contributed by atoms with van der Waals surface area (Å²) < 4.78 is 0. The van der Waals surface area contributed by atoms with E-state index in [2.05, 4.69) is 49.5 Å². The second-order valence-corrected chi connectivity index (χ2v) is 6.78. The largest absolute Gasteiger partial charge is 0.308 e. The molecule has 0 radical (unpaired) electrons.